The minimum absolute atomic E-state index is 0.0238. The Labute approximate surface area is 139 Å². The first-order valence-corrected chi connectivity index (χ1v) is 7.95. The van der Waals surface area contributed by atoms with E-state index in [1.807, 2.05) is 0 Å². The maximum absolute atomic E-state index is 14.0. The van der Waals surface area contributed by atoms with Gasteiger partial charge in [-0.15, -0.1) is 0 Å². The summed E-state index contributed by atoms with van der Waals surface area (Å²) in [6.45, 7) is 3.92. The van der Waals surface area contributed by atoms with Crippen molar-refractivity contribution < 1.29 is 23.5 Å². The van der Waals surface area contributed by atoms with Gasteiger partial charge in [0.25, 0.3) is 0 Å². The van der Waals surface area contributed by atoms with E-state index in [-0.39, 0.29) is 23.8 Å². The molecular weight excluding hydrogens is 318 g/mol. The van der Waals surface area contributed by atoms with Gasteiger partial charge in [0.05, 0.1) is 18.6 Å². The molecule has 2 rings (SSSR count). The van der Waals surface area contributed by atoms with E-state index in [1.165, 1.54) is 13.0 Å². The smallest absolute Gasteiger partial charge is 0.225 e. The predicted octanol–water partition coefficient (Wildman–Crippen LogP) is 1.76. The van der Waals surface area contributed by atoms with Crippen LogP contribution in [0.25, 0.3) is 0 Å². The topological polar surface area (TPSA) is 69.6 Å². The second-order valence-electron chi connectivity index (χ2n) is 6.25. The van der Waals surface area contributed by atoms with E-state index in [1.54, 1.807) is 11.8 Å². The van der Waals surface area contributed by atoms with Crippen molar-refractivity contribution in [1.82, 2.24) is 10.2 Å². The van der Waals surface area contributed by atoms with Crippen molar-refractivity contribution >= 4 is 11.8 Å². The number of nitrogens with one attached hydrogen (secondary N) is 1. The molecule has 1 aromatic carbocycles. The van der Waals surface area contributed by atoms with Crippen LogP contribution in [0.4, 0.5) is 8.78 Å². The molecule has 3 unspecified atom stereocenters. The average molecular weight is 340 g/mol. The second kappa shape index (κ2) is 7.70. The van der Waals surface area contributed by atoms with E-state index in [9.17, 15) is 23.5 Å². The molecule has 0 radical (unpaired) electrons. The average Bonchev–Trinajstić information content (AvgIpc) is 2.96. The van der Waals surface area contributed by atoms with E-state index in [2.05, 4.69) is 5.32 Å². The molecule has 1 saturated heterocycles. The van der Waals surface area contributed by atoms with Crippen LogP contribution in [0.3, 0.4) is 0 Å². The number of nitrogens with zero attached hydrogens (tertiary/aromatic N) is 1. The summed E-state index contributed by atoms with van der Waals surface area (Å²) >= 11 is 0. The molecule has 0 saturated carbocycles. The summed E-state index contributed by atoms with van der Waals surface area (Å²) < 4.78 is 27.1. The van der Waals surface area contributed by atoms with Crippen LogP contribution in [-0.2, 0) is 9.59 Å². The summed E-state index contributed by atoms with van der Waals surface area (Å²) in [5.41, 5.74) is 0.0752. The van der Waals surface area contributed by atoms with Gasteiger partial charge in [-0.3, -0.25) is 9.59 Å². The number of halogens is 2. The predicted molar refractivity (Wildman–Crippen MR) is 83.9 cm³/mol. The number of carbonyl (C=O) groups excluding carboxylic acids is 2. The molecule has 1 aliphatic heterocycles. The fraction of sp³-hybridized carbons (Fsp3) is 0.529. The van der Waals surface area contributed by atoms with Crippen molar-refractivity contribution in [2.24, 2.45) is 5.92 Å². The lowest BCUT2D eigenvalue weighted by atomic mass is 10.0. The molecule has 7 heteroatoms. The maximum Gasteiger partial charge on any atom is 0.225 e. The lowest BCUT2D eigenvalue weighted by Gasteiger charge is -2.23. The Morgan fingerprint density at radius 1 is 1.42 bits per heavy atom. The fourth-order valence-corrected chi connectivity index (χ4v) is 2.98. The maximum atomic E-state index is 14.0. The number of carbonyl (C=O) groups is 2. The van der Waals surface area contributed by atoms with Gasteiger partial charge < -0.3 is 15.3 Å². The van der Waals surface area contributed by atoms with Gasteiger partial charge in [0, 0.05) is 37.6 Å². The summed E-state index contributed by atoms with van der Waals surface area (Å²) in [6, 6.07) is 2.20. The molecule has 1 heterocycles. The summed E-state index contributed by atoms with van der Waals surface area (Å²) in [7, 11) is 0. The van der Waals surface area contributed by atoms with Crippen LogP contribution in [0.15, 0.2) is 18.2 Å². The van der Waals surface area contributed by atoms with E-state index in [4.69, 9.17) is 0 Å². The van der Waals surface area contributed by atoms with Crippen LogP contribution >= 0.6 is 0 Å². The van der Waals surface area contributed by atoms with Gasteiger partial charge in [-0.2, -0.15) is 0 Å². The Balaban J connectivity index is 2.11. The molecule has 0 spiro atoms. The van der Waals surface area contributed by atoms with Gasteiger partial charge >= 0.3 is 0 Å². The molecule has 5 nitrogen and oxygen atoms in total. The lowest BCUT2D eigenvalue weighted by Crippen LogP contribution is -2.35. The quantitative estimate of drug-likeness (QED) is 0.858. The van der Waals surface area contributed by atoms with Crippen molar-refractivity contribution in [3.05, 3.63) is 35.4 Å². The molecule has 0 aromatic heterocycles. The molecule has 1 fully saturated rings. The number of aliphatic hydroxyl groups is 1. The van der Waals surface area contributed by atoms with Crippen molar-refractivity contribution in [3.8, 4) is 0 Å². The van der Waals surface area contributed by atoms with Crippen molar-refractivity contribution in [3.63, 3.8) is 0 Å². The van der Waals surface area contributed by atoms with E-state index in [0.717, 1.165) is 12.1 Å². The summed E-state index contributed by atoms with van der Waals surface area (Å²) in [4.78, 5) is 25.4. The van der Waals surface area contributed by atoms with Crippen LogP contribution in [0.5, 0.6) is 0 Å². The normalized spacial score (nSPS) is 19.9. The van der Waals surface area contributed by atoms with Crippen LogP contribution in [0.1, 0.15) is 38.3 Å². The number of hydrogen-bond acceptors (Lipinski definition) is 3. The fourth-order valence-electron chi connectivity index (χ4n) is 2.98. The van der Waals surface area contributed by atoms with E-state index < -0.39 is 29.7 Å². The highest BCUT2D eigenvalue weighted by molar-refractivity contribution is 5.79. The minimum Gasteiger partial charge on any atom is -0.393 e. The Bertz CT molecular complexity index is 622. The SMILES string of the molecule is CC(=O)NC(CC(=O)N1CCC(C(C)O)C1)c1ccc(F)cc1F. The first kappa shape index (κ1) is 18.3. The molecule has 0 bridgehead atoms. The summed E-state index contributed by atoms with van der Waals surface area (Å²) in [5.74, 6) is -2.13. The Hall–Kier alpha value is -2.02. The van der Waals surface area contributed by atoms with Crippen molar-refractivity contribution in [2.75, 3.05) is 13.1 Å². The number of rotatable bonds is 5. The molecule has 24 heavy (non-hydrogen) atoms. The minimum atomic E-state index is -0.860. The Morgan fingerprint density at radius 2 is 2.12 bits per heavy atom. The van der Waals surface area contributed by atoms with Gasteiger partial charge in [0.2, 0.25) is 11.8 Å². The summed E-state index contributed by atoms with van der Waals surface area (Å²) in [5, 5.41) is 12.2. The molecule has 1 aliphatic rings. The zero-order valence-corrected chi connectivity index (χ0v) is 13.8. The number of amides is 2. The van der Waals surface area contributed by atoms with Gasteiger partial charge in [0.1, 0.15) is 11.6 Å². The molecule has 0 aliphatic carbocycles. The van der Waals surface area contributed by atoms with Crippen LogP contribution in [0.2, 0.25) is 0 Å². The van der Waals surface area contributed by atoms with Gasteiger partial charge in [-0.1, -0.05) is 6.07 Å². The molecule has 1 aromatic rings. The third-order valence-electron chi connectivity index (χ3n) is 4.35. The monoisotopic (exact) mass is 340 g/mol. The largest absolute Gasteiger partial charge is 0.393 e. The van der Waals surface area contributed by atoms with Gasteiger partial charge in [-0.05, 0) is 19.4 Å². The number of hydrogen-bond donors (Lipinski definition) is 2. The lowest BCUT2D eigenvalue weighted by molar-refractivity contribution is -0.131. The highest BCUT2D eigenvalue weighted by Gasteiger charge is 2.31. The van der Waals surface area contributed by atoms with Crippen LogP contribution in [0, 0.1) is 17.6 Å². The molecule has 3 atom stereocenters. The number of benzene rings is 1. The van der Waals surface area contributed by atoms with Gasteiger partial charge in [0.15, 0.2) is 0 Å². The standard InChI is InChI=1S/C17H22F2N2O3/c1-10(22)12-5-6-21(9-12)17(24)8-16(20-11(2)23)14-4-3-13(18)7-15(14)19/h3-4,7,10,12,16,22H,5-6,8-9H2,1-2H3,(H,20,23). The number of aliphatic hydroxyl groups excluding tert-OH is 1. The van der Waals surface area contributed by atoms with E-state index >= 15 is 0 Å². The van der Waals surface area contributed by atoms with Crippen molar-refractivity contribution in [2.45, 2.75) is 38.8 Å². The second-order valence-corrected chi connectivity index (χ2v) is 6.25. The third-order valence-corrected chi connectivity index (χ3v) is 4.35. The van der Waals surface area contributed by atoms with Gasteiger partial charge in [-0.25, -0.2) is 8.78 Å². The molecule has 2 amide bonds. The first-order chi connectivity index (χ1) is 11.3. The molecular formula is C17H22F2N2O3. The van der Waals surface area contributed by atoms with Crippen LogP contribution < -0.4 is 5.32 Å². The molecule has 132 valence electrons. The Morgan fingerprint density at radius 3 is 2.67 bits per heavy atom. The highest BCUT2D eigenvalue weighted by atomic mass is 19.1. The zero-order chi connectivity index (χ0) is 17.9. The summed E-state index contributed by atoms with van der Waals surface area (Å²) in [6.07, 6.45) is 0.0943. The first-order valence-electron chi connectivity index (χ1n) is 7.95. The van der Waals surface area contributed by atoms with E-state index in [0.29, 0.717) is 19.5 Å². The van der Waals surface area contributed by atoms with Crippen molar-refractivity contribution in [1.29, 1.82) is 0 Å². The zero-order valence-electron chi connectivity index (χ0n) is 13.8. The Kier molecular flexibility index (Phi) is 5.88. The van der Waals surface area contributed by atoms with Crippen LogP contribution in [-0.4, -0.2) is 41.0 Å². The molecule has 2 N–H and O–H groups in total. The highest BCUT2D eigenvalue weighted by Crippen LogP contribution is 2.25. The third kappa shape index (κ3) is 4.50. The number of likely N-dealkylation sites (tertiary alicyclic amines) is 1.